The number of aliphatic hydroxyl groups is 1. The largest absolute Gasteiger partial charge is 0.508 e. The van der Waals surface area contributed by atoms with Gasteiger partial charge in [0.1, 0.15) is 29.3 Å². The number of unbranched alkanes of at least 4 members (excludes halogenated alkanes) is 3. The second kappa shape index (κ2) is 9.01. The summed E-state index contributed by atoms with van der Waals surface area (Å²) in [6.07, 6.45) is 8.55. The van der Waals surface area contributed by atoms with Gasteiger partial charge in [0.25, 0.3) is 6.47 Å². The Labute approximate surface area is 180 Å². The minimum atomic E-state index is -1.35. The Kier molecular flexibility index (Phi) is 6.81. The fraction of sp³-hybridized carbons (Fsp3) is 0.640. The molecule has 3 rings (SSSR count). The van der Waals surface area contributed by atoms with Crippen LogP contribution >= 0.6 is 0 Å². The highest BCUT2D eigenvalue weighted by Gasteiger charge is 2.46. The number of fused-ring (bicyclic) bond motifs is 3. The fourth-order valence-electron chi connectivity index (χ4n) is 5.15. The van der Waals surface area contributed by atoms with Crippen molar-refractivity contribution in [3.05, 3.63) is 34.9 Å². The summed E-state index contributed by atoms with van der Waals surface area (Å²) in [5, 5.41) is 22.4. The molecule has 5 heteroatoms. The standard InChI is InChI=1S/C25H36O5/c1-5-6-7-8-11-25(28,15-29-16-26)18-13-21(27)23-19-12-17(2)9-10-20(19)24(3,4)30-22(23)14-18/h9,13-14,16,19-20,27-28H,5-8,10-12,15H2,1-4H3/t19-,20-,25?/m1/s1. The highest BCUT2D eigenvalue weighted by molar-refractivity contribution is 5.54. The number of carbonyl (C=O) groups excluding carboxylic acids is 1. The molecule has 0 radical (unpaired) electrons. The van der Waals surface area contributed by atoms with Gasteiger partial charge in [0.2, 0.25) is 0 Å². The number of benzene rings is 1. The van der Waals surface area contributed by atoms with Crippen LogP contribution in [0.1, 0.15) is 89.7 Å². The van der Waals surface area contributed by atoms with Crippen molar-refractivity contribution in [3.8, 4) is 11.5 Å². The normalized spacial score (nSPS) is 24.0. The zero-order valence-corrected chi connectivity index (χ0v) is 18.7. The predicted octanol–water partition coefficient (Wildman–Crippen LogP) is 5.33. The van der Waals surface area contributed by atoms with Crippen LogP contribution in [0.25, 0.3) is 0 Å². The highest BCUT2D eigenvalue weighted by Crippen LogP contribution is 2.54. The molecule has 166 valence electrons. The lowest BCUT2D eigenvalue weighted by Gasteiger charge is -2.47. The number of phenolic OH excluding ortho intramolecular Hbond substituents is 1. The SMILES string of the molecule is CCCCCCC(O)(COC=O)c1cc(O)c2c(c1)OC(C)(C)[C@@H]1CC=C(C)C[C@@H]21. The van der Waals surface area contributed by atoms with Gasteiger partial charge >= 0.3 is 0 Å². The molecule has 0 amide bonds. The summed E-state index contributed by atoms with van der Waals surface area (Å²) >= 11 is 0. The van der Waals surface area contributed by atoms with Crippen LogP contribution < -0.4 is 4.74 Å². The number of aromatic hydroxyl groups is 1. The van der Waals surface area contributed by atoms with E-state index in [4.69, 9.17) is 9.47 Å². The van der Waals surface area contributed by atoms with E-state index in [2.05, 4.69) is 33.8 Å². The van der Waals surface area contributed by atoms with Crippen LogP contribution in [0.4, 0.5) is 0 Å². The van der Waals surface area contributed by atoms with E-state index in [1.54, 1.807) is 6.07 Å². The Bertz CT molecular complexity index is 797. The predicted molar refractivity (Wildman–Crippen MR) is 117 cm³/mol. The molecule has 2 aliphatic rings. The summed E-state index contributed by atoms with van der Waals surface area (Å²) < 4.78 is 11.4. The molecule has 0 bridgehead atoms. The molecule has 2 N–H and O–H groups in total. The minimum absolute atomic E-state index is 0.141. The molecule has 3 atom stereocenters. The molecule has 1 heterocycles. The smallest absolute Gasteiger partial charge is 0.293 e. The third-order valence-corrected chi connectivity index (χ3v) is 6.88. The van der Waals surface area contributed by atoms with Crippen molar-refractivity contribution in [1.29, 1.82) is 0 Å². The lowest BCUT2D eigenvalue weighted by molar-refractivity contribution is -0.137. The van der Waals surface area contributed by atoms with E-state index in [-0.39, 0.29) is 29.8 Å². The summed E-state index contributed by atoms with van der Waals surface area (Å²) in [6, 6.07) is 3.48. The quantitative estimate of drug-likeness (QED) is 0.323. The van der Waals surface area contributed by atoms with Crippen molar-refractivity contribution >= 4 is 6.47 Å². The first-order valence-electron chi connectivity index (χ1n) is 11.2. The van der Waals surface area contributed by atoms with Gasteiger partial charge in [-0.15, -0.1) is 0 Å². The van der Waals surface area contributed by atoms with E-state index < -0.39 is 5.60 Å². The molecule has 1 aliphatic heterocycles. The molecule has 1 aromatic carbocycles. The maximum atomic E-state index is 11.4. The monoisotopic (exact) mass is 416 g/mol. The maximum absolute atomic E-state index is 11.4. The number of allylic oxidation sites excluding steroid dienone is 2. The van der Waals surface area contributed by atoms with Gasteiger partial charge in [-0.25, -0.2) is 0 Å². The van der Waals surface area contributed by atoms with Gasteiger partial charge in [0, 0.05) is 17.4 Å². The summed E-state index contributed by atoms with van der Waals surface area (Å²) in [4.78, 5) is 10.8. The molecule has 1 aliphatic carbocycles. The average Bonchev–Trinajstić information content (AvgIpc) is 2.68. The number of phenols is 1. The second-order valence-electron chi connectivity index (χ2n) is 9.57. The van der Waals surface area contributed by atoms with Crippen molar-refractivity contribution in [2.45, 2.75) is 89.8 Å². The van der Waals surface area contributed by atoms with Gasteiger partial charge in [-0.1, -0.05) is 44.3 Å². The summed E-state index contributed by atoms with van der Waals surface area (Å²) in [7, 11) is 0. The number of rotatable bonds is 9. The molecule has 0 spiro atoms. The van der Waals surface area contributed by atoms with Crippen LogP contribution in [0.15, 0.2) is 23.8 Å². The van der Waals surface area contributed by atoms with Gasteiger partial charge in [0.05, 0.1) is 0 Å². The van der Waals surface area contributed by atoms with E-state index in [1.165, 1.54) is 5.57 Å². The first-order chi connectivity index (χ1) is 14.2. The van der Waals surface area contributed by atoms with Crippen LogP contribution in [0, 0.1) is 5.92 Å². The van der Waals surface area contributed by atoms with E-state index in [1.807, 2.05) is 6.07 Å². The summed E-state index contributed by atoms with van der Waals surface area (Å²) in [5.41, 5.74) is 0.969. The number of hydrogen-bond donors (Lipinski definition) is 2. The zero-order chi connectivity index (χ0) is 21.9. The number of hydrogen-bond acceptors (Lipinski definition) is 5. The zero-order valence-electron chi connectivity index (χ0n) is 18.7. The fourth-order valence-corrected chi connectivity index (χ4v) is 5.15. The topological polar surface area (TPSA) is 76.0 Å². The van der Waals surface area contributed by atoms with Crippen molar-refractivity contribution < 1.29 is 24.5 Å². The molecule has 0 saturated heterocycles. The van der Waals surface area contributed by atoms with E-state index in [0.29, 0.717) is 24.2 Å². The van der Waals surface area contributed by atoms with Crippen molar-refractivity contribution in [3.63, 3.8) is 0 Å². The molecule has 0 aromatic heterocycles. The Morgan fingerprint density at radius 3 is 2.77 bits per heavy atom. The van der Waals surface area contributed by atoms with Gasteiger partial charge in [0.15, 0.2) is 0 Å². The highest BCUT2D eigenvalue weighted by atomic mass is 16.5. The molecule has 0 saturated carbocycles. The van der Waals surface area contributed by atoms with Gasteiger partial charge in [-0.05, 0) is 57.7 Å². The molecule has 1 unspecified atom stereocenters. The molecular formula is C25H36O5. The third kappa shape index (κ3) is 4.51. The average molecular weight is 417 g/mol. The van der Waals surface area contributed by atoms with E-state index in [0.717, 1.165) is 44.1 Å². The first-order valence-corrected chi connectivity index (χ1v) is 11.2. The van der Waals surface area contributed by atoms with Gasteiger partial charge in [-0.3, -0.25) is 4.79 Å². The Morgan fingerprint density at radius 1 is 1.30 bits per heavy atom. The first kappa shape index (κ1) is 22.7. The third-order valence-electron chi connectivity index (χ3n) is 6.88. The molecule has 0 fully saturated rings. The van der Waals surface area contributed by atoms with Crippen molar-refractivity contribution in [1.82, 2.24) is 0 Å². The molecule has 5 nitrogen and oxygen atoms in total. The Balaban J connectivity index is 1.98. The van der Waals surface area contributed by atoms with Gasteiger partial charge in [-0.2, -0.15) is 0 Å². The van der Waals surface area contributed by atoms with Crippen LogP contribution in [0.2, 0.25) is 0 Å². The summed E-state index contributed by atoms with van der Waals surface area (Å²) in [5.74, 6) is 1.26. The van der Waals surface area contributed by atoms with Crippen LogP contribution in [0.5, 0.6) is 11.5 Å². The number of carbonyl (C=O) groups is 1. The van der Waals surface area contributed by atoms with Gasteiger partial charge < -0.3 is 19.7 Å². The number of ether oxygens (including phenoxy) is 2. The lowest BCUT2D eigenvalue weighted by Crippen LogP contribution is -2.45. The summed E-state index contributed by atoms with van der Waals surface area (Å²) in [6.45, 7) is 8.68. The van der Waals surface area contributed by atoms with Crippen molar-refractivity contribution in [2.24, 2.45) is 5.92 Å². The minimum Gasteiger partial charge on any atom is -0.508 e. The van der Waals surface area contributed by atoms with Crippen LogP contribution in [0.3, 0.4) is 0 Å². The van der Waals surface area contributed by atoms with E-state index in [9.17, 15) is 15.0 Å². The van der Waals surface area contributed by atoms with Crippen LogP contribution in [-0.2, 0) is 15.1 Å². The maximum Gasteiger partial charge on any atom is 0.293 e. The molecular weight excluding hydrogens is 380 g/mol. The Hall–Kier alpha value is -2.01. The molecule has 1 aromatic rings. The lowest BCUT2D eigenvalue weighted by atomic mass is 9.67. The molecule has 30 heavy (non-hydrogen) atoms. The van der Waals surface area contributed by atoms with E-state index >= 15 is 0 Å². The second-order valence-corrected chi connectivity index (χ2v) is 9.57. The van der Waals surface area contributed by atoms with Crippen molar-refractivity contribution in [2.75, 3.05) is 6.61 Å². The van der Waals surface area contributed by atoms with Crippen LogP contribution in [-0.4, -0.2) is 28.9 Å². The Morgan fingerprint density at radius 2 is 2.07 bits per heavy atom.